The normalized spacial score (nSPS) is 12.3. The third-order valence-corrected chi connectivity index (χ3v) is 5.46. The van der Waals surface area contributed by atoms with Gasteiger partial charge in [-0.1, -0.05) is 54.1 Å². The predicted octanol–water partition coefficient (Wildman–Crippen LogP) is 5.16. The van der Waals surface area contributed by atoms with E-state index in [9.17, 15) is 9.59 Å². The molecule has 2 aromatic rings. The minimum atomic E-state index is -0.505. The van der Waals surface area contributed by atoms with Crippen LogP contribution in [0, 0.1) is 6.92 Å². The molecule has 0 spiro atoms. The molecule has 8 heteroatoms. The Morgan fingerprint density at radius 1 is 1.14 bits per heavy atom. The molecular weight excluding hydrogens is 478 g/mol. The lowest BCUT2D eigenvalue weighted by molar-refractivity contribution is 0.277. The predicted molar refractivity (Wildman–Crippen MR) is 147 cm³/mol. The van der Waals surface area contributed by atoms with Crippen molar-refractivity contribution < 1.29 is 9.84 Å². The van der Waals surface area contributed by atoms with Crippen LogP contribution in [0.3, 0.4) is 0 Å². The smallest absolute Gasteiger partial charge is 0.332 e. The lowest BCUT2D eigenvalue weighted by Gasteiger charge is -2.15. The van der Waals surface area contributed by atoms with Gasteiger partial charge in [0.25, 0.3) is 5.56 Å². The summed E-state index contributed by atoms with van der Waals surface area (Å²) in [5.41, 5.74) is 2.02. The molecule has 0 fully saturated rings. The first-order valence-electron chi connectivity index (χ1n) is 11.7. The highest BCUT2D eigenvalue weighted by molar-refractivity contribution is 6.30. The second-order valence-corrected chi connectivity index (χ2v) is 9.07. The second kappa shape index (κ2) is 13.6. The van der Waals surface area contributed by atoms with Crippen LogP contribution in [-0.4, -0.2) is 26.7 Å². The van der Waals surface area contributed by atoms with E-state index in [0.717, 1.165) is 21.3 Å². The van der Waals surface area contributed by atoms with Gasteiger partial charge in [0.2, 0.25) is 0 Å². The molecule has 0 radical (unpaired) electrons. The highest BCUT2D eigenvalue weighted by Crippen LogP contribution is 2.18. The van der Waals surface area contributed by atoms with Crippen molar-refractivity contribution >= 4 is 23.3 Å². The molecule has 0 aliphatic rings. The van der Waals surface area contributed by atoms with Crippen molar-refractivity contribution in [3.63, 3.8) is 0 Å². The second-order valence-electron chi connectivity index (χ2n) is 8.63. The van der Waals surface area contributed by atoms with Crippen LogP contribution in [0.1, 0.15) is 37.8 Å². The van der Waals surface area contributed by atoms with Crippen LogP contribution in [0.2, 0.25) is 5.02 Å². The number of allylic oxidation sites excluding steroid dienone is 5. The fraction of sp³-hybridized carbons (Fsp3) is 0.321. The fourth-order valence-corrected chi connectivity index (χ4v) is 3.48. The molecule has 1 N–H and O–H groups in total. The number of rotatable bonds is 11. The van der Waals surface area contributed by atoms with Gasteiger partial charge in [-0.2, -0.15) is 4.99 Å². The van der Waals surface area contributed by atoms with Gasteiger partial charge in [0.1, 0.15) is 11.6 Å². The summed E-state index contributed by atoms with van der Waals surface area (Å²) >= 11 is 6.01. The number of aliphatic imine (C=N–C) groups is 1. The SMILES string of the molecule is C=C(C)/C=C\C(=C/C(=C)C)O/C(CCc1ccc(Cl)cc1)=N/c1c(C)c(=O)n(CCCO)c(=O)n1C. The molecule has 36 heavy (non-hydrogen) atoms. The van der Waals surface area contributed by atoms with Gasteiger partial charge in [0.15, 0.2) is 5.90 Å². The molecule has 1 heterocycles. The molecule has 0 unspecified atom stereocenters. The monoisotopic (exact) mass is 511 g/mol. The maximum Gasteiger partial charge on any atom is 0.332 e. The number of aliphatic hydroxyl groups is 1. The van der Waals surface area contributed by atoms with Crippen LogP contribution < -0.4 is 11.2 Å². The third kappa shape index (κ3) is 8.36. The molecule has 0 atom stereocenters. The minimum absolute atomic E-state index is 0.118. The number of hydrogen-bond acceptors (Lipinski definition) is 5. The average molecular weight is 512 g/mol. The van der Waals surface area contributed by atoms with E-state index >= 15 is 0 Å². The van der Waals surface area contributed by atoms with Gasteiger partial charge in [-0.15, -0.1) is 0 Å². The molecule has 0 aliphatic carbocycles. The van der Waals surface area contributed by atoms with Crippen molar-refractivity contribution in [2.24, 2.45) is 12.0 Å². The minimum Gasteiger partial charge on any atom is -0.443 e. The number of aromatic nitrogens is 2. The Hall–Kier alpha value is -3.42. The molecular formula is C28H34ClN3O4. The zero-order chi connectivity index (χ0) is 26.8. The summed E-state index contributed by atoms with van der Waals surface area (Å²) in [5, 5.41) is 9.77. The Kier molecular flexibility index (Phi) is 10.9. The Morgan fingerprint density at radius 3 is 2.39 bits per heavy atom. The van der Waals surface area contributed by atoms with Crippen LogP contribution in [0.15, 0.2) is 87.1 Å². The first kappa shape index (κ1) is 28.8. The Bertz CT molecular complexity index is 1270. The summed E-state index contributed by atoms with van der Waals surface area (Å²) < 4.78 is 8.62. The van der Waals surface area contributed by atoms with Gasteiger partial charge in [0.05, 0.1) is 5.56 Å². The van der Waals surface area contributed by atoms with Crippen LogP contribution in [0.4, 0.5) is 5.82 Å². The fourth-order valence-electron chi connectivity index (χ4n) is 3.36. The van der Waals surface area contributed by atoms with Crippen molar-refractivity contribution in [2.75, 3.05) is 6.61 Å². The van der Waals surface area contributed by atoms with Crippen molar-refractivity contribution in [1.29, 1.82) is 0 Å². The molecule has 0 amide bonds. The number of aryl methyl sites for hydroxylation is 1. The zero-order valence-corrected chi connectivity index (χ0v) is 22.1. The van der Waals surface area contributed by atoms with E-state index in [2.05, 4.69) is 18.2 Å². The highest BCUT2D eigenvalue weighted by atomic mass is 35.5. The van der Waals surface area contributed by atoms with Crippen LogP contribution >= 0.6 is 11.6 Å². The van der Waals surface area contributed by atoms with E-state index in [-0.39, 0.29) is 19.0 Å². The number of ether oxygens (including phenoxy) is 1. The summed E-state index contributed by atoms with van der Waals surface area (Å²) in [4.78, 5) is 30.4. The number of aliphatic hydroxyl groups excluding tert-OH is 1. The van der Waals surface area contributed by atoms with Crippen molar-refractivity contribution in [2.45, 2.75) is 46.6 Å². The molecule has 192 valence electrons. The van der Waals surface area contributed by atoms with E-state index in [1.54, 1.807) is 26.1 Å². The van der Waals surface area contributed by atoms with Gasteiger partial charge >= 0.3 is 5.69 Å². The summed E-state index contributed by atoms with van der Waals surface area (Å²) in [6.07, 6.45) is 6.66. The largest absolute Gasteiger partial charge is 0.443 e. The molecule has 0 aliphatic heterocycles. The van der Waals surface area contributed by atoms with Gasteiger partial charge in [-0.3, -0.25) is 13.9 Å². The standard InChI is InChI=1S/C28H34ClN3O4/c1-19(2)8-14-24(18-20(3)4)36-25(15-11-22-9-12-23(29)13-10-22)30-26-21(5)27(34)32(16-7-17-33)28(35)31(26)6/h8-10,12-14,18,33H,1,3,7,11,15-17H2,2,4-6H3/b14-8-,24-18+,30-25+. The summed E-state index contributed by atoms with van der Waals surface area (Å²) in [5.74, 6) is 1.05. The van der Waals surface area contributed by atoms with Crippen molar-refractivity contribution in [3.05, 3.63) is 110 Å². The Labute approximate surface area is 217 Å². The van der Waals surface area contributed by atoms with Gasteiger partial charge < -0.3 is 9.84 Å². The molecule has 7 nitrogen and oxygen atoms in total. The topological polar surface area (TPSA) is 85.8 Å². The summed E-state index contributed by atoms with van der Waals surface area (Å²) in [6.45, 7) is 13.2. The van der Waals surface area contributed by atoms with E-state index in [1.807, 2.05) is 44.2 Å². The van der Waals surface area contributed by atoms with E-state index in [4.69, 9.17) is 21.4 Å². The lowest BCUT2D eigenvalue weighted by Crippen LogP contribution is -2.40. The average Bonchev–Trinajstić information content (AvgIpc) is 2.82. The number of benzene rings is 1. The molecule has 0 saturated heterocycles. The highest BCUT2D eigenvalue weighted by Gasteiger charge is 2.16. The first-order chi connectivity index (χ1) is 17.0. The van der Waals surface area contributed by atoms with Gasteiger partial charge in [0, 0.05) is 31.6 Å². The van der Waals surface area contributed by atoms with Gasteiger partial charge in [-0.05, 0) is 63.5 Å². The Balaban J connectivity index is 2.58. The molecule has 0 saturated carbocycles. The summed E-state index contributed by atoms with van der Waals surface area (Å²) in [7, 11) is 1.56. The van der Waals surface area contributed by atoms with Gasteiger partial charge in [-0.25, -0.2) is 4.79 Å². The maximum atomic E-state index is 12.9. The lowest BCUT2D eigenvalue weighted by atomic mass is 10.1. The first-order valence-corrected chi connectivity index (χ1v) is 12.0. The molecule has 2 rings (SSSR count). The molecule has 1 aromatic heterocycles. The van der Waals surface area contributed by atoms with Crippen LogP contribution in [0.5, 0.6) is 0 Å². The third-order valence-electron chi connectivity index (χ3n) is 5.20. The Morgan fingerprint density at radius 2 is 1.81 bits per heavy atom. The van der Waals surface area contributed by atoms with Crippen LogP contribution in [-0.2, 0) is 24.8 Å². The van der Waals surface area contributed by atoms with E-state index in [1.165, 1.54) is 4.57 Å². The van der Waals surface area contributed by atoms with Crippen molar-refractivity contribution in [1.82, 2.24) is 9.13 Å². The van der Waals surface area contributed by atoms with E-state index < -0.39 is 11.2 Å². The number of nitrogens with zero attached hydrogens (tertiary/aromatic N) is 3. The van der Waals surface area contributed by atoms with E-state index in [0.29, 0.717) is 41.5 Å². The zero-order valence-electron chi connectivity index (χ0n) is 21.4. The molecule has 1 aromatic carbocycles. The summed E-state index contributed by atoms with van der Waals surface area (Å²) in [6, 6.07) is 7.48. The number of hydrogen-bond donors (Lipinski definition) is 1. The van der Waals surface area contributed by atoms with Crippen molar-refractivity contribution in [3.8, 4) is 0 Å². The van der Waals surface area contributed by atoms with Crippen LogP contribution in [0.25, 0.3) is 0 Å². The maximum absolute atomic E-state index is 12.9. The number of halogens is 1. The molecule has 0 bridgehead atoms. The quantitative estimate of drug-likeness (QED) is 0.195.